The Morgan fingerprint density at radius 1 is 1.50 bits per heavy atom. The highest BCUT2D eigenvalue weighted by atomic mass is 16.7. The molecule has 1 aliphatic carbocycles. The Labute approximate surface area is 71.1 Å². The molecule has 5 nitrogen and oxygen atoms in total. The van der Waals surface area contributed by atoms with Crippen molar-refractivity contribution in [2.75, 3.05) is 7.11 Å². The second-order valence-corrected chi connectivity index (χ2v) is 3.35. The summed E-state index contributed by atoms with van der Waals surface area (Å²) in [5.74, 6) is 0. The Morgan fingerprint density at radius 3 is 3.00 bits per heavy atom. The number of nitrogens with zero attached hydrogens (tertiary/aromatic N) is 2. The van der Waals surface area contributed by atoms with E-state index < -0.39 is 0 Å². The molecule has 1 aliphatic heterocycles. The van der Waals surface area contributed by atoms with Crippen LogP contribution in [0, 0.1) is 4.91 Å². The zero-order chi connectivity index (χ0) is 8.55. The van der Waals surface area contributed by atoms with E-state index in [0.29, 0.717) is 4.98 Å². The fraction of sp³-hybridized carbons (Fsp3) is 1.00. The fourth-order valence-corrected chi connectivity index (χ4v) is 2.07. The summed E-state index contributed by atoms with van der Waals surface area (Å²) in [7, 11) is 1.53. The summed E-state index contributed by atoms with van der Waals surface area (Å²) in [6.07, 6.45) is 4.52. The maximum absolute atomic E-state index is 11.2. The number of nitrogens with one attached hydrogen (secondary N) is 1. The van der Waals surface area contributed by atoms with E-state index in [2.05, 4.69) is 5.43 Å². The molecule has 2 fully saturated rings. The SMILES string of the molecule is CON1[C@@H]2CCCC[C@@H]2N[N+]1=O. The first-order valence-electron chi connectivity index (χ1n) is 4.39. The van der Waals surface area contributed by atoms with E-state index in [1.54, 1.807) is 0 Å². The molecule has 0 aromatic carbocycles. The molecule has 68 valence electrons. The van der Waals surface area contributed by atoms with Gasteiger partial charge >= 0.3 is 0 Å². The van der Waals surface area contributed by atoms with Crippen molar-refractivity contribution in [2.24, 2.45) is 0 Å². The lowest BCUT2D eigenvalue weighted by Gasteiger charge is -2.20. The molecule has 0 unspecified atom stereocenters. The zero-order valence-corrected chi connectivity index (χ0v) is 7.19. The summed E-state index contributed by atoms with van der Waals surface area (Å²) in [5.41, 5.74) is 2.84. The van der Waals surface area contributed by atoms with Crippen molar-refractivity contribution in [1.29, 1.82) is 0 Å². The molecular weight excluding hydrogens is 158 g/mol. The van der Waals surface area contributed by atoms with Gasteiger partial charge in [0.15, 0.2) is 0 Å². The molecule has 0 amide bonds. The molecule has 1 saturated carbocycles. The Balaban J connectivity index is 2.10. The largest absolute Gasteiger partial charge is 0.275 e. The average molecular weight is 172 g/mol. The predicted octanol–water partition coefficient (Wildman–Crippen LogP) is 0.373. The third-order valence-electron chi connectivity index (χ3n) is 2.66. The van der Waals surface area contributed by atoms with Crippen molar-refractivity contribution in [3.05, 3.63) is 4.91 Å². The molecule has 1 heterocycles. The number of rotatable bonds is 1. The van der Waals surface area contributed by atoms with Gasteiger partial charge in [-0.15, -0.1) is 5.43 Å². The van der Waals surface area contributed by atoms with E-state index in [1.165, 1.54) is 25.1 Å². The third-order valence-corrected chi connectivity index (χ3v) is 2.66. The first-order chi connectivity index (χ1) is 5.83. The summed E-state index contributed by atoms with van der Waals surface area (Å²) >= 11 is 0. The van der Waals surface area contributed by atoms with E-state index in [-0.39, 0.29) is 12.1 Å². The fourth-order valence-electron chi connectivity index (χ4n) is 2.07. The van der Waals surface area contributed by atoms with Gasteiger partial charge in [0.25, 0.3) is 4.98 Å². The van der Waals surface area contributed by atoms with E-state index >= 15 is 0 Å². The molecule has 2 rings (SSSR count). The van der Waals surface area contributed by atoms with Gasteiger partial charge in [-0.05, 0) is 12.8 Å². The van der Waals surface area contributed by atoms with Crippen LogP contribution < -0.4 is 5.43 Å². The normalized spacial score (nSPS) is 34.8. The van der Waals surface area contributed by atoms with Crippen molar-refractivity contribution in [3.8, 4) is 0 Å². The van der Waals surface area contributed by atoms with Crippen LogP contribution in [-0.2, 0) is 4.84 Å². The molecule has 0 aromatic rings. The number of hydrogen-bond acceptors (Lipinski definition) is 2. The van der Waals surface area contributed by atoms with Crippen LogP contribution in [0.1, 0.15) is 25.7 Å². The molecule has 0 aromatic heterocycles. The van der Waals surface area contributed by atoms with Crippen molar-refractivity contribution in [3.63, 3.8) is 0 Å². The van der Waals surface area contributed by atoms with Crippen LogP contribution in [0.5, 0.6) is 0 Å². The van der Waals surface area contributed by atoms with Crippen LogP contribution in [0.4, 0.5) is 0 Å². The second kappa shape index (κ2) is 2.90. The smallest absolute Gasteiger partial charge is 0.223 e. The summed E-state index contributed by atoms with van der Waals surface area (Å²) in [4.78, 5) is 16.9. The summed E-state index contributed by atoms with van der Waals surface area (Å²) in [6, 6.07) is 0.525. The van der Waals surface area contributed by atoms with Gasteiger partial charge < -0.3 is 0 Å². The van der Waals surface area contributed by atoms with Gasteiger partial charge in [0.05, 0.1) is 12.0 Å². The number of hydroxylamine groups is 1. The Hall–Kier alpha value is -0.840. The molecule has 5 heteroatoms. The molecule has 1 N–H and O–H groups in total. The third kappa shape index (κ3) is 1.04. The van der Waals surface area contributed by atoms with Gasteiger partial charge in [0.1, 0.15) is 12.1 Å². The molecule has 2 atom stereocenters. The zero-order valence-electron chi connectivity index (χ0n) is 7.19. The standard InChI is InChI=1S/C7H14N3O2/c1-12-9-7-5-3-2-4-6(7)8-10(9)11/h6-7H,2-5H2,1H3,(H,8,11)/q+1/t6-,7+/m0/s1. The van der Waals surface area contributed by atoms with Crippen LogP contribution in [0.2, 0.25) is 0 Å². The molecule has 0 bridgehead atoms. The highest BCUT2D eigenvalue weighted by molar-refractivity contribution is 4.83. The summed E-state index contributed by atoms with van der Waals surface area (Å²) in [5, 5.41) is 1.39. The molecule has 12 heavy (non-hydrogen) atoms. The van der Waals surface area contributed by atoms with Gasteiger partial charge in [0.2, 0.25) is 0 Å². The topological polar surface area (TPSA) is 44.6 Å². The minimum Gasteiger partial charge on any atom is -0.223 e. The highest BCUT2D eigenvalue weighted by Gasteiger charge is 2.48. The number of hydrazine groups is 2. The minimum absolute atomic E-state index is 0.237. The van der Waals surface area contributed by atoms with Gasteiger partial charge in [-0.25, -0.2) is 4.84 Å². The Bertz CT molecular complexity index is 197. The van der Waals surface area contributed by atoms with E-state index in [4.69, 9.17) is 4.84 Å². The molecule has 0 spiro atoms. The van der Waals surface area contributed by atoms with Crippen LogP contribution in [0.3, 0.4) is 0 Å². The monoisotopic (exact) mass is 172 g/mol. The van der Waals surface area contributed by atoms with Crippen molar-refractivity contribution in [2.45, 2.75) is 37.8 Å². The van der Waals surface area contributed by atoms with Gasteiger partial charge in [0, 0.05) is 5.17 Å². The molecule has 1 saturated heterocycles. The average Bonchev–Trinajstić information content (AvgIpc) is 2.40. The Morgan fingerprint density at radius 2 is 2.25 bits per heavy atom. The van der Waals surface area contributed by atoms with Gasteiger partial charge in [-0.3, -0.25) is 0 Å². The number of hydrogen-bond donors (Lipinski definition) is 1. The van der Waals surface area contributed by atoms with Crippen molar-refractivity contribution >= 4 is 0 Å². The first kappa shape index (κ1) is 7.79. The Kier molecular flexibility index (Phi) is 1.88. The predicted molar refractivity (Wildman–Crippen MR) is 41.7 cm³/mol. The molecular formula is C7H14N3O2+. The first-order valence-corrected chi connectivity index (χ1v) is 4.39. The molecule has 0 radical (unpaired) electrons. The van der Waals surface area contributed by atoms with Crippen molar-refractivity contribution < 1.29 is 9.82 Å². The number of fused-ring (bicyclic) bond motifs is 1. The second-order valence-electron chi connectivity index (χ2n) is 3.35. The lowest BCUT2D eigenvalue weighted by Crippen LogP contribution is -2.38. The lowest BCUT2D eigenvalue weighted by molar-refractivity contribution is -0.795. The van der Waals surface area contributed by atoms with Crippen molar-refractivity contribution in [1.82, 2.24) is 10.6 Å². The van der Waals surface area contributed by atoms with E-state index in [0.717, 1.165) is 12.8 Å². The summed E-state index contributed by atoms with van der Waals surface area (Å²) < 4.78 is 0. The maximum atomic E-state index is 11.2. The van der Waals surface area contributed by atoms with E-state index in [9.17, 15) is 4.91 Å². The molecule has 2 aliphatic rings. The lowest BCUT2D eigenvalue weighted by atomic mass is 9.92. The van der Waals surface area contributed by atoms with Crippen LogP contribution in [0.15, 0.2) is 0 Å². The van der Waals surface area contributed by atoms with E-state index in [1.807, 2.05) is 0 Å². The van der Waals surface area contributed by atoms with Crippen LogP contribution >= 0.6 is 0 Å². The summed E-state index contributed by atoms with van der Waals surface area (Å²) in [6.45, 7) is 0. The van der Waals surface area contributed by atoms with Crippen LogP contribution in [-0.4, -0.2) is 29.3 Å². The number of nitroso groups, excluding NO2 is 1. The minimum atomic E-state index is 0.237. The quantitative estimate of drug-likeness (QED) is 0.580. The van der Waals surface area contributed by atoms with Crippen LogP contribution in [0.25, 0.3) is 0 Å². The van der Waals surface area contributed by atoms with Gasteiger partial charge in [-0.2, -0.15) is 0 Å². The van der Waals surface area contributed by atoms with Gasteiger partial charge in [-0.1, -0.05) is 12.8 Å². The maximum Gasteiger partial charge on any atom is 0.275 e. The highest BCUT2D eigenvalue weighted by Crippen LogP contribution is 2.26.